The molecule has 1 heterocycles. The first-order valence-corrected chi connectivity index (χ1v) is 2.82. The highest BCUT2D eigenvalue weighted by atomic mass is 19.1. The van der Waals surface area contributed by atoms with E-state index in [4.69, 9.17) is 11.5 Å². The molecule has 0 aromatic carbocycles. The van der Waals surface area contributed by atoms with E-state index in [1.807, 2.05) is 0 Å². The maximum atomic E-state index is 12.3. The van der Waals surface area contributed by atoms with Crippen molar-refractivity contribution >= 4 is 11.6 Å². The van der Waals surface area contributed by atoms with Crippen molar-refractivity contribution in [3.63, 3.8) is 0 Å². The molecule has 0 unspecified atom stereocenters. The zero-order valence-corrected chi connectivity index (χ0v) is 5.54. The lowest BCUT2D eigenvalue weighted by Crippen LogP contribution is -2.14. The maximum Gasteiger partial charge on any atom is 0.252 e. The van der Waals surface area contributed by atoms with Crippen LogP contribution in [0.2, 0.25) is 0 Å². The number of pyridine rings is 1. The van der Waals surface area contributed by atoms with Crippen molar-refractivity contribution in [1.29, 1.82) is 0 Å². The number of halogens is 1. The Balaban J connectivity index is 3.20. The molecule has 0 saturated heterocycles. The fourth-order valence-corrected chi connectivity index (χ4v) is 0.650. The Hall–Kier alpha value is -1.65. The summed E-state index contributed by atoms with van der Waals surface area (Å²) in [4.78, 5) is 13.7. The minimum Gasteiger partial charge on any atom is -0.398 e. The van der Waals surface area contributed by atoms with Crippen molar-refractivity contribution < 1.29 is 9.18 Å². The van der Waals surface area contributed by atoms with Crippen molar-refractivity contribution in [2.75, 3.05) is 5.73 Å². The summed E-state index contributed by atoms with van der Waals surface area (Å²) in [6.45, 7) is 0. The molecule has 0 aliphatic carbocycles. The van der Waals surface area contributed by atoms with Crippen molar-refractivity contribution in [1.82, 2.24) is 4.98 Å². The van der Waals surface area contributed by atoms with Gasteiger partial charge in [0, 0.05) is 12.3 Å². The summed E-state index contributed by atoms with van der Waals surface area (Å²) in [5, 5.41) is 0. The lowest BCUT2D eigenvalue weighted by Gasteiger charge is -1.98. The Morgan fingerprint density at radius 2 is 2.27 bits per heavy atom. The monoisotopic (exact) mass is 155 g/mol. The second-order valence-electron chi connectivity index (χ2n) is 1.96. The third kappa shape index (κ3) is 1.43. The molecular weight excluding hydrogens is 149 g/mol. The highest BCUT2D eigenvalue weighted by Crippen LogP contribution is 2.09. The van der Waals surface area contributed by atoms with Crippen LogP contribution in [0, 0.1) is 5.95 Å². The van der Waals surface area contributed by atoms with Gasteiger partial charge in [-0.25, -0.2) is 4.98 Å². The molecule has 11 heavy (non-hydrogen) atoms. The zero-order valence-electron chi connectivity index (χ0n) is 5.54. The summed E-state index contributed by atoms with van der Waals surface area (Å²) < 4.78 is 12.3. The molecule has 1 aromatic rings. The first-order chi connectivity index (χ1) is 5.11. The molecule has 0 aliphatic rings. The molecule has 1 rings (SSSR count). The van der Waals surface area contributed by atoms with Gasteiger partial charge in [0.1, 0.15) is 0 Å². The van der Waals surface area contributed by atoms with E-state index in [1.54, 1.807) is 0 Å². The topological polar surface area (TPSA) is 82.0 Å². The van der Waals surface area contributed by atoms with Gasteiger partial charge in [0.15, 0.2) is 0 Å². The summed E-state index contributed by atoms with van der Waals surface area (Å²) in [7, 11) is 0. The third-order valence-electron chi connectivity index (χ3n) is 1.17. The normalized spacial score (nSPS) is 9.55. The van der Waals surface area contributed by atoms with E-state index in [9.17, 15) is 9.18 Å². The van der Waals surface area contributed by atoms with Crippen molar-refractivity contribution in [2.45, 2.75) is 0 Å². The number of nitrogens with two attached hydrogens (primary N) is 2. The quantitative estimate of drug-likeness (QED) is 0.555. The lowest BCUT2D eigenvalue weighted by atomic mass is 10.2. The number of hydrogen-bond acceptors (Lipinski definition) is 3. The summed E-state index contributed by atoms with van der Waals surface area (Å²) in [6, 6.07) is 0.945. The molecule has 0 fully saturated rings. The predicted octanol–water partition coefficient (Wildman–Crippen LogP) is -0.0982. The van der Waals surface area contributed by atoms with E-state index in [-0.39, 0.29) is 11.3 Å². The Kier molecular flexibility index (Phi) is 1.72. The predicted molar refractivity (Wildman–Crippen MR) is 37.1 cm³/mol. The standard InChI is InChI=1S/C6H6FN3O/c7-5-1-4(8)3(2-10-5)6(9)11/h1-2H,(H2,8,10)(H2,9,11). The van der Waals surface area contributed by atoms with Gasteiger partial charge >= 0.3 is 0 Å². The number of carbonyl (C=O) groups excluding carboxylic acids is 1. The van der Waals surface area contributed by atoms with Crippen LogP contribution in [0.5, 0.6) is 0 Å². The van der Waals surface area contributed by atoms with Crippen molar-refractivity contribution in [3.8, 4) is 0 Å². The van der Waals surface area contributed by atoms with Gasteiger partial charge in [-0.15, -0.1) is 0 Å². The Bertz CT molecular complexity index is 300. The van der Waals surface area contributed by atoms with Gasteiger partial charge in [-0.3, -0.25) is 4.79 Å². The largest absolute Gasteiger partial charge is 0.398 e. The van der Waals surface area contributed by atoms with Crippen LogP contribution >= 0.6 is 0 Å². The average molecular weight is 155 g/mol. The van der Waals surface area contributed by atoms with Crippen LogP contribution in [-0.4, -0.2) is 10.9 Å². The van der Waals surface area contributed by atoms with Crippen LogP contribution in [-0.2, 0) is 0 Å². The summed E-state index contributed by atoms with van der Waals surface area (Å²) >= 11 is 0. The summed E-state index contributed by atoms with van der Waals surface area (Å²) in [5.74, 6) is -1.44. The number of hydrogen-bond donors (Lipinski definition) is 2. The zero-order chi connectivity index (χ0) is 8.43. The number of nitrogens with zero attached hydrogens (tertiary/aromatic N) is 1. The molecule has 5 heteroatoms. The molecule has 1 amide bonds. The number of rotatable bonds is 1. The van der Waals surface area contributed by atoms with Crippen molar-refractivity contribution in [2.24, 2.45) is 5.73 Å². The van der Waals surface area contributed by atoms with Gasteiger partial charge in [-0.2, -0.15) is 4.39 Å². The highest BCUT2D eigenvalue weighted by Gasteiger charge is 2.06. The van der Waals surface area contributed by atoms with Gasteiger partial charge in [0.05, 0.1) is 11.3 Å². The molecule has 58 valence electrons. The van der Waals surface area contributed by atoms with Crippen molar-refractivity contribution in [3.05, 3.63) is 23.8 Å². The Labute approximate surface area is 62.0 Å². The molecule has 4 nitrogen and oxygen atoms in total. The van der Waals surface area contributed by atoms with Gasteiger partial charge in [0.2, 0.25) is 5.95 Å². The molecule has 1 aromatic heterocycles. The fourth-order valence-electron chi connectivity index (χ4n) is 0.650. The Morgan fingerprint density at radius 3 is 2.73 bits per heavy atom. The van der Waals surface area contributed by atoms with Crippen LogP contribution in [0.1, 0.15) is 10.4 Å². The van der Waals surface area contributed by atoms with Gasteiger partial charge in [0.25, 0.3) is 5.91 Å². The Morgan fingerprint density at radius 1 is 1.64 bits per heavy atom. The van der Waals surface area contributed by atoms with Gasteiger partial charge in [-0.05, 0) is 0 Å². The number of nitrogen functional groups attached to an aromatic ring is 1. The number of aromatic nitrogens is 1. The van der Waals surface area contributed by atoms with E-state index in [0.29, 0.717) is 0 Å². The number of carbonyl (C=O) groups is 1. The number of primary amides is 1. The highest BCUT2D eigenvalue weighted by molar-refractivity contribution is 5.97. The van der Waals surface area contributed by atoms with Gasteiger partial charge in [-0.1, -0.05) is 0 Å². The van der Waals surface area contributed by atoms with Crippen LogP contribution in [0.25, 0.3) is 0 Å². The molecule has 4 N–H and O–H groups in total. The van der Waals surface area contributed by atoms with E-state index in [1.165, 1.54) is 0 Å². The number of amides is 1. The molecule has 0 spiro atoms. The smallest absolute Gasteiger partial charge is 0.252 e. The summed E-state index contributed by atoms with van der Waals surface area (Å²) in [5.41, 5.74) is 10.2. The van der Waals surface area contributed by atoms with Crippen LogP contribution in [0.3, 0.4) is 0 Å². The minimum atomic E-state index is -0.729. The van der Waals surface area contributed by atoms with E-state index < -0.39 is 11.9 Å². The molecule has 0 aliphatic heterocycles. The van der Waals surface area contributed by atoms with Gasteiger partial charge < -0.3 is 11.5 Å². The average Bonchev–Trinajstić information content (AvgIpc) is 1.85. The van der Waals surface area contributed by atoms with E-state index >= 15 is 0 Å². The molecule has 0 atom stereocenters. The second kappa shape index (κ2) is 2.53. The number of anilines is 1. The lowest BCUT2D eigenvalue weighted by molar-refractivity contribution is 0.100. The van der Waals surface area contributed by atoms with Crippen LogP contribution in [0.4, 0.5) is 10.1 Å². The first-order valence-electron chi connectivity index (χ1n) is 2.82. The van der Waals surface area contributed by atoms with E-state index in [0.717, 1.165) is 12.3 Å². The van der Waals surface area contributed by atoms with Crippen LogP contribution < -0.4 is 11.5 Å². The summed E-state index contributed by atoms with van der Waals surface area (Å²) in [6.07, 6.45) is 1.01. The molecule has 0 bridgehead atoms. The second-order valence-corrected chi connectivity index (χ2v) is 1.96. The molecular formula is C6H6FN3O. The third-order valence-corrected chi connectivity index (χ3v) is 1.17. The van der Waals surface area contributed by atoms with Crippen LogP contribution in [0.15, 0.2) is 12.3 Å². The minimum absolute atomic E-state index is 0.00463. The molecule has 0 radical (unpaired) electrons. The first kappa shape index (κ1) is 7.46. The van der Waals surface area contributed by atoms with E-state index in [2.05, 4.69) is 4.98 Å². The fraction of sp³-hybridized carbons (Fsp3) is 0. The maximum absolute atomic E-state index is 12.3. The SMILES string of the molecule is NC(=O)c1cnc(F)cc1N. The molecule has 0 saturated carbocycles.